The first-order chi connectivity index (χ1) is 9.58. The molecular formula is C13H10N2O4S. The average molecular weight is 290 g/mol. The zero-order valence-corrected chi connectivity index (χ0v) is 11.3. The van der Waals surface area contributed by atoms with E-state index in [1.165, 1.54) is 35.6 Å². The molecule has 0 saturated carbocycles. The lowest BCUT2D eigenvalue weighted by molar-refractivity contribution is -0.384. The highest BCUT2D eigenvalue weighted by Gasteiger charge is 2.11. The van der Waals surface area contributed by atoms with Gasteiger partial charge in [-0.05, 0) is 30.5 Å². The number of benzene rings is 1. The largest absolute Gasteiger partial charge is 0.365 e. The third-order valence-corrected chi connectivity index (χ3v) is 3.44. The minimum Gasteiger partial charge on any atom is -0.313 e. The summed E-state index contributed by atoms with van der Waals surface area (Å²) in [6.07, 6.45) is 0. The normalized spacial score (nSPS) is 11.2. The Morgan fingerprint density at radius 3 is 2.55 bits per heavy atom. The maximum absolute atomic E-state index is 11.7. The molecule has 0 unspecified atom stereocenters. The Bertz CT molecular complexity index is 648. The Balaban J connectivity index is 2.05. The highest BCUT2D eigenvalue weighted by Crippen LogP contribution is 2.13. The van der Waals surface area contributed by atoms with E-state index in [4.69, 9.17) is 4.84 Å². The third-order valence-electron chi connectivity index (χ3n) is 2.46. The number of rotatable bonds is 4. The van der Waals surface area contributed by atoms with Gasteiger partial charge in [0.25, 0.3) is 5.69 Å². The van der Waals surface area contributed by atoms with Crippen LogP contribution in [0.2, 0.25) is 0 Å². The van der Waals surface area contributed by atoms with Gasteiger partial charge in [0.05, 0.1) is 21.1 Å². The zero-order valence-electron chi connectivity index (χ0n) is 10.5. The van der Waals surface area contributed by atoms with Crippen molar-refractivity contribution in [3.63, 3.8) is 0 Å². The van der Waals surface area contributed by atoms with Crippen molar-refractivity contribution < 1.29 is 14.6 Å². The standard InChI is InChI=1S/C13H10N2O4S/c1-9(12-3-2-8-20-12)14-19-13(16)10-4-6-11(7-5-10)15(17)18/h2-8H,1H3. The number of hydrogen-bond acceptors (Lipinski definition) is 6. The Morgan fingerprint density at radius 1 is 1.30 bits per heavy atom. The van der Waals surface area contributed by atoms with Crippen LogP contribution in [0.3, 0.4) is 0 Å². The fraction of sp³-hybridized carbons (Fsp3) is 0.0769. The molecule has 0 saturated heterocycles. The third kappa shape index (κ3) is 3.27. The van der Waals surface area contributed by atoms with Crippen molar-refractivity contribution in [1.29, 1.82) is 0 Å². The van der Waals surface area contributed by atoms with Gasteiger partial charge in [-0.3, -0.25) is 10.1 Å². The van der Waals surface area contributed by atoms with E-state index in [2.05, 4.69) is 5.16 Å². The molecule has 6 nitrogen and oxygen atoms in total. The number of hydrogen-bond donors (Lipinski definition) is 0. The van der Waals surface area contributed by atoms with Gasteiger partial charge in [0.15, 0.2) is 0 Å². The van der Waals surface area contributed by atoms with Gasteiger partial charge in [-0.25, -0.2) is 4.79 Å². The maximum Gasteiger partial charge on any atom is 0.365 e. The fourth-order valence-corrected chi connectivity index (χ4v) is 2.08. The number of nitrogens with zero attached hydrogens (tertiary/aromatic N) is 2. The molecule has 0 bridgehead atoms. The minimum absolute atomic E-state index is 0.0835. The molecule has 1 aromatic carbocycles. The van der Waals surface area contributed by atoms with E-state index >= 15 is 0 Å². The highest BCUT2D eigenvalue weighted by molar-refractivity contribution is 7.12. The number of carbonyl (C=O) groups excluding carboxylic acids is 1. The van der Waals surface area contributed by atoms with E-state index in [0.717, 1.165) is 4.88 Å². The van der Waals surface area contributed by atoms with Gasteiger partial charge in [0, 0.05) is 12.1 Å². The Morgan fingerprint density at radius 2 is 2.00 bits per heavy atom. The molecule has 0 spiro atoms. The topological polar surface area (TPSA) is 81.8 Å². The summed E-state index contributed by atoms with van der Waals surface area (Å²) < 4.78 is 0. The molecule has 0 fully saturated rings. The summed E-state index contributed by atoms with van der Waals surface area (Å²) in [6.45, 7) is 1.73. The summed E-state index contributed by atoms with van der Waals surface area (Å²) in [5, 5.41) is 16.1. The second kappa shape index (κ2) is 6.07. The van der Waals surface area contributed by atoms with Gasteiger partial charge in [-0.15, -0.1) is 11.3 Å². The molecule has 0 amide bonds. The van der Waals surface area contributed by atoms with Crippen LogP contribution >= 0.6 is 11.3 Å². The fourth-order valence-electron chi connectivity index (χ4n) is 1.41. The number of oxime groups is 1. The molecule has 2 aromatic rings. The van der Waals surface area contributed by atoms with Crippen LogP contribution in [-0.2, 0) is 4.84 Å². The van der Waals surface area contributed by atoms with Crippen molar-refractivity contribution in [2.45, 2.75) is 6.92 Å². The lowest BCUT2D eigenvalue weighted by atomic mass is 10.2. The van der Waals surface area contributed by atoms with Gasteiger partial charge in [0.2, 0.25) is 0 Å². The molecule has 0 N–H and O–H groups in total. The minimum atomic E-state index is -0.657. The van der Waals surface area contributed by atoms with Crippen molar-refractivity contribution in [3.8, 4) is 0 Å². The lowest BCUT2D eigenvalue weighted by Crippen LogP contribution is -2.03. The summed E-state index contributed by atoms with van der Waals surface area (Å²) in [6, 6.07) is 8.88. The van der Waals surface area contributed by atoms with Crippen LogP contribution in [0.15, 0.2) is 46.9 Å². The molecule has 20 heavy (non-hydrogen) atoms. The first-order valence-corrected chi connectivity index (χ1v) is 6.50. The van der Waals surface area contributed by atoms with E-state index in [0.29, 0.717) is 5.71 Å². The van der Waals surface area contributed by atoms with Crippen molar-refractivity contribution in [2.75, 3.05) is 0 Å². The van der Waals surface area contributed by atoms with E-state index < -0.39 is 10.9 Å². The molecule has 0 aliphatic heterocycles. The number of nitro groups is 1. The van der Waals surface area contributed by atoms with Crippen LogP contribution in [0, 0.1) is 10.1 Å². The number of thiophene rings is 1. The monoisotopic (exact) mass is 290 g/mol. The van der Waals surface area contributed by atoms with Gasteiger partial charge in [-0.2, -0.15) is 0 Å². The predicted molar refractivity (Wildman–Crippen MR) is 75.0 cm³/mol. The molecule has 0 aliphatic carbocycles. The van der Waals surface area contributed by atoms with E-state index in [9.17, 15) is 14.9 Å². The zero-order chi connectivity index (χ0) is 14.5. The molecule has 0 atom stereocenters. The smallest absolute Gasteiger partial charge is 0.313 e. The molecule has 1 heterocycles. The molecule has 102 valence electrons. The van der Waals surface area contributed by atoms with Crippen LogP contribution in [0.25, 0.3) is 0 Å². The van der Waals surface area contributed by atoms with Gasteiger partial charge >= 0.3 is 5.97 Å². The second-order valence-corrected chi connectivity index (χ2v) is 4.78. The highest BCUT2D eigenvalue weighted by atomic mass is 32.1. The van der Waals surface area contributed by atoms with E-state index in [1.807, 2.05) is 17.5 Å². The Labute approximate surface area is 118 Å². The van der Waals surface area contributed by atoms with Crippen molar-refractivity contribution >= 4 is 28.7 Å². The summed E-state index contributed by atoms with van der Waals surface area (Å²) in [7, 11) is 0. The first kappa shape index (κ1) is 13.9. The summed E-state index contributed by atoms with van der Waals surface area (Å²) in [5.41, 5.74) is 0.716. The quantitative estimate of drug-likeness (QED) is 0.374. The van der Waals surface area contributed by atoms with E-state index in [1.54, 1.807) is 6.92 Å². The first-order valence-electron chi connectivity index (χ1n) is 5.62. The van der Waals surface area contributed by atoms with Crippen LogP contribution in [-0.4, -0.2) is 16.6 Å². The van der Waals surface area contributed by atoms with Gasteiger partial charge < -0.3 is 4.84 Å². The number of nitro benzene ring substituents is 1. The predicted octanol–water partition coefficient (Wildman–Crippen LogP) is 3.24. The van der Waals surface area contributed by atoms with Crippen LogP contribution in [0.5, 0.6) is 0 Å². The van der Waals surface area contributed by atoms with Crippen LogP contribution in [0.1, 0.15) is 22.2 Å². The number of non-ortho nitro benzene ring substituents is 1. The molecule has 0 radical (unpaired) electrons. The van der Waals surface area contributed by atoms with Crippen molar-refractivity contribution in [3.05, 3.63) is 62.3 Å². The molecule has 7 heteroatoms. The molecule has 1 aromatic heterocycles. The molecular weight excluding hydrogens is 280 g/mol. The average Bonchev–Trinajstić information content (AvgIpc) is 2.98. The van der Waals surface area contributed by atoms with E-state index in [-0.39, 0.29) is 11.3 Å². The number of carbonyl (C=O) groups is 1. The van der Waals surface area contributed by atoms with Crippen LogP contribution < -0.4 is 0 Å². The summed E-state index contributed by atoms with van der Waals surface area (Å²) in [5.74, 6) is -0.657. The molecule has 2 rings (SSSR count). The SMILES string of the molecule is CC(=NOC(=O)c1ccc([N+](=O)[O-])cc1)c1cccs1. The van der Waals surface area contributed by atoms with Crippen LogP contribution in [0.4, 0.5) is 5.69 Å². The maximum atomic E-state index is 11.7. The second-order valence-electron chi connectivity index (χ2n) is 3.84. The summed E-state index contributed by atoms with van der Waals surface area (Å²) >= 11 is 1.49. The lowest BCUT2D eigenvalue weighted by Gasteiger charge is -1.99. The van der Waals surface area contributed by atoms with Gasteiger partial charge in [0.1, 0.15) is 0 Å². The van der Waals surface area contributed by atoms with Gasteiger partial charge in [-0.1, -0.05) is 11.2 Å². The molecule has 0 aliphatic rings. The van der Waals surface area contributed by atoms with Crippen molar-refractivity contribution in [1.82, 2.24) is 0 Å². The Hall–Kier alpha value is -2.54. The Kier molecular flexibility index (Phi) is 4.21. The summed E-state index contributed by atoms with van der Waals surface area (Å²) in [4.78, 5) is 27.4. The van der Waals surface area contributed by atoms with Crippen molar-refractivity contribution in [2.24, 2.45) is 5.16 Å².